The fourth-order valence-electron chi connectivity index (χ4n) is 3.16. The first-order valence-electron chi connectivity index (χ1n) is 9.82. The van der Waals surface area contributed by atoms with Crippen molar-refractivity contribution in [1.82, 2.24) is 15.2 Å². The third-order valence-electron chi connectivity index (χ3n) is 4.82. The quantitative estimate of drug-likeness (QED) is 0.512. The largest absolute Gasteiger partial charge is 0.447 e. The molecule has 3 rings (SSSR count). The highest BCUT2D eigenvalue weighted by atomic mass is 19.1. The van der Waals surface area contributed by atoms with Crippen molar-refractivity contribution < 1.29 is 18.3 Å². The summed E-state index contributed by atoms with van der Waals surface area (Å²) in [5.74, 6) is -0.160. The predicted molar refractivity (Wildman–Crippen MR) is 111 cm³/mol. The molecule has 0 unspecified atom stereocenters. The zero-order valence-corrected chi connectivity index (χ0v) is 17.2. The summed E-state index contributed by atoms with van der Waals surface area (Å²) in [6, 6.07) is 16.6. The molecule has 0 spiro atoms. The minimum absolute atomic E-state index is 0.0281. The van der Waals surface area contributed by atoms with Crippen molar-refractivity contribution in [2.24, 2.45) is 0 Å². The number of hydrogen-bond donors (Lipinski definition) is 1. The van der Waals surface area contributed by atoms with Gasteiger partial charge in [-0.3, -0.25) is 9.69 Å². The lowest BCUT2D eigenvalue weighted by Gasteiger charge is -2.28. The van der Waals surface area contributed by atoms with Gasteiger partial charge in [0.25, 0.3) is 5.91 Å². The van der Waals surface area contributed by atoms with Crippen LogP contribution < -0.4 is 5.32 Å². The highest BCUT2D eigenvalue weighted by Gasteiger charge is 2.20. The summed E-state index contributed by atoms with van der Waals surface area (Å²) in [4.78, 5) is 18.6. The topological polar surface area (TPSA) is 67.6 Å². The van der Waals surface area contributed by atoms with Gasteiger partial charge in [-0.15, -0.1) is 0 Å². The van der Waals surface area contributed by atoms with E-state index < -0.39 is 0 Å². The number of halogens is 1. The Morgan fingerprint density at radius 2 is 2.00 bits per heavy atom. The van der Waals surface area contributed by atoms with Gasteiger partial charge in [0.2, 0.25) is 5.89 Å². The van der Waals surface area contributed by atoms with Crippen LogP contribution in [0.1, 0.15) is 40.5 Å². The summed E-state index contributed by atoms with van der Waals surface area (Å²) in [6.45, 7) is 3.78. The summed E-state index contributed by atoms with van der Waals surface area (Å²) in [6.07, 6.45) is 1.35. The molecule has 1 atom stereocenters. The minimum Gasteiger partial charge on any atom is -0.447 e. The van der Waals surface area contributed by atoms with Crippen LogP contribution in [-0.2, 0) is 17.8 Å². The fraction of sp³-hybridized carbons (Fsp3) is 0.304. The number of aromatic nitrogens is 1. The number of oxazole rings is 1. The third-order valence-corrected chi connectivity index (χ3v) is 4.82. The first-order valence-corrected chi connectivity index (χ1v) is 9.82. The molecule has 0 saturated carbocycles. The summed E-state index contributed by atoms with van der Waals surface area (Å²) in [7, 11) is 1.57. The maximum absolute atomic E-state index is 13.7. The second-order valence-electron chi connectivity index (χ2n) is 7.00. The highest BCUT2D eigenvalue weighted by Crippen LogP contribution is 2.24. The standard InChI is InChI=1S/C23H26FN3O3/c1-17(19-8-4-3-5-9-19)27(14-18-7-6-10-20(24)13-18)15-22-26-21(16-30-22)23(28)25-11-12-29-2/h3-10,13,16-17H,11-12,14-15H2,1-2H3,(H,25,28)/t17-/m0/s1. The molecule has 1 N–H and O–H groups in total. The maximum atomic E-state index is 13.7. The molecule has 6 nitrogen and oxygen atoms in total. The van der Waals surface area contributed by atoms with Crippen molar-refractivity contribution in [2.75, 3.05) is 20.3 Å². The first-order chi connectivity index (χ1) is 14.6. The zero-order chi connectivity index (χ0) is 21.3. The van der Waals surface area contributed by atoms with Crippen LogP contribution >= 0.6 is 0 Å². The Balaban J connectivity index is 1.76. The molecule has 0 fully saturated rings. The van der Waals surface area contributed by atoms with E-state index in [1.54, 1.807) is 13.2 Å². The number of amides is 1. The monoisotopic (exact) mass is 411 g/mol. The molecule has 2 aromatic carbocycles. The van der Waals surface area contributed by atoms with Crippen molar-refractivity contribution in [3.8, 4) is 0 Å². The summed E-state index contributed by atoms with van der Waals surface area (Å²) in [5.41, 5.74) is 2.19. The Morgan fingerprint density at radius 1 is 1.20 bits per heavy atom. The molecule has 0 aliphatic heterocycles. The van der Waals surface area contributed by atoms with E-state index in [0.29, 0.717) is 32.1 Å². The lowest BCUT2D eigenvalue weighted by atomic mass is 10.1. The van der Waals surface area contributed by atoms with Gasteiger partial charge in [0.1, 0.15) is 12.1 Å². The molecule has 0 radical (unpaired) electrons. The van der Waals surface area contributed by atoms with Crippen LogP contribution in [0.4, 0.5) is 4.39 Å². The molecule has 3 aromatic rings. The smallest absolute Gasteiger partial charge is 0.273 e. The Bertz CT molecular complexity index is 946. The molecule has 1 heterocycles. The van der Waals surface area contributed by atoms with Gasteiger partial charge < -0.3 is 14.5 Å². The molecule has 1 amide bonds. The molecular formula is C23H26FN3O3. The number of carbonyl (C=O) groups excluding carboxylic acids is 1. The normalized spacial score (nSPS) is 12.1. The number of methoxy groups -OCH3 is 1. The second kappa shape index (κ2) is 10.7. The van der Waals surface area contributed by atoms with E-state index in [4.69, 9.17) is 9.15 Å². The number of rotatable bonds is 10. The lowest BCUT2D eigenvalue weighted by Crippen LogP contribution is -2.28. The predicted octanol–water partition coefficient (Wildman–Crippen LogP) is 3.95. The molecule has 0 bridgehead atoms. The number of benzene rings is 2. The van der Waals surface area contributed by atoms with Crippen molar-refractivity contribution in [3.63, 3.8) is 0 Å². The Labute approximate surface area is 175 Å². The average Bonchev–Trinajstić information content (AvgIpc) is 3.22. The van der Waals surface area contributed by atoms with E-state index in [9.17, 15) is 9.18 Å². The van der Waals surface area contributed by atoms with Gasteiger partial charge in [-0.2, -0.15) is 0 Å². The molecular weight excluding hydrogens is 385 g/mol. The number of nitrogens with zero attached hydrogens (tertiary/aromatic N) is 2. The number of nitrogens with one attached hydrogen (secondary N) is 1. The second-order valence-corrected chi connectivity index (χ2v) is 7.00. The van der Waals surface area contributed by atoms with Crippen LogP contribution in [0.2, 0.25) is 0 Å². The number of carbonyl (C=O) groups is 1. The van der Waals surface area contributed by atoms with Gasteiger partial charge in [-0.25, -0.2) is 9.37 Å². The average molecular weight is 411 g/mol. The van der Waals surface area contributed by atoms with Crippen LogP contribution in [0.25, 0.3) is 0 Å². The van der Waals surface area contributed by atoms with Gasteiger partial charge in [-0.05, 0) is 30.2 Å². The molecule has 158 valence electrons. The Hall–Kier alpha value is -3.03. The van der Waals surface area contributed by atoms with E-state index in [1.807, 2.05) is 36.4 Å². The fourth-order valence-corrected chi connectivity index (χ4v) is 3.16. The molecule has 0 aliphatic carbocycles. The van der Waals surface area contributed by atoms with Gasteiger partial charge >= 0.3 is 0 Å². The van der Waals surface area contributed by atoms with Crippen molar-refractivity contribution in [3.05, 3.63) is 89.4 Å². The van der Waals surface area contributed by atoms with Crippen molar-refractivity contribution in [2.45, 2.75) is 26.1 Å². The van der Waals surface area contributed by atoms with E-state index in [1.165, 1.54) is 18.4 Å². The van der Waals surface area contributed by atoms with E-state index >= 15 is 0 Å². The molecule has 30 heavy (non-hydrogen) atoms. The van der Waals surface area contributed by atoms with E-state index in [-0.39, 0.29) is 23.5 Å². The van der Waals surface area contributed by atoms with Crippen LogP contribution in [-0.4, -0.2) is 36.1 Å². The lowest BCUT2D eigenvalue weighted by molar-refractivity contribution is 0.0932. The SMILES string of the molecule is COCCNC(=O)c1coc(CN(Cc2cccc(F)c2)[C@@H](C)c2ccccc2)n1. The minimum atomic E-state index is -0.310. The molecule has 0 aliphatic rings. The maximum Gasteiger partial charge on any atom is 0.273 e. The number of ether oxygens (including phenoxy) is 1. The van der Waals surface area contributed by atoms with Crippen LogP contribution in [0.5, 0.6) is 0 Å². The van der Waals surface area contributed by atoms with Crippen molar-refractivity contribution in [1.29, 1.82) is 0 Å². The van der Waals surface area contributed by atoms with Gasteiger partial charge in [0.15, 0.2) is 5.69 Å². The van der Waals surface area contributed by atoms with Gasteiger partial charge in [0, 0.05) is 26.2 Å². The Kier molecular flexibility index (Phi) is 7.70. The molecule has 0 saturated heterocycles. The van der Waals surface area contributed by atoms with Gasteiger partial charge in [-0.1, -0.05) is 42.5 Å². The van der Waals surface area contributed by atoms with E-state index in [0.717, 1.165) is 11.1 Å². The summed E-state index contributed by atoms with van der Waals surface area (Å²) >= 11 is 0. The highest BCUT2D eigenvalue weighted by molar-refractivity contribution is 5.91. The van der Waals surface area contributed by atoms with E-state index in [2.05, 4.69) is 22.1 Å². The first kappa shape index (κ1) is 21.7. The van der Waals surface area contributed by atoms with Crippen LogP contribution in [0, 0.1) is 5.82 Å². The summed E-state index contributed by atoms with van der Waals surface area (Å²) in [5, 5.41) is 2.72. The summed E-state index contributed by atoms with van der Waals surface area (Å²) < 4.78 is 24.2. The third kappa shape index (κ3) is 5.98. The Morgan fingerprint density at radius 3 is 2.73 bits per heavy atom. The van der Waals surface area contributed by atoms with Crippen LogP contribution in [0.15, 0.2) is 65.3 Å². The molecule has 7 heteroatoms. The van der Waals surface area contributed by atoms with Crippen LogP contribution in [0.3, 0.4) is 0 Å². The van der Waals surface area contributed by atoms with Crippen molar-refractivity contribution >= 4 is 5.91 Å². The zero-order valence-electron chi connectivity index (χ0n) is 17.2. The molecule has 1 aromatic heterocycles. The van der Waals surface area contributed by atoms with Gasteiger partial charge in [0.05, 0.1) is 13.2 Å². The number of hydrogen-bond acceptors (Lipinski definition) is 5.